The van der Waals surface area contributed by atoms with Crippen molar-refractivity contribution in [2.75, 3.05) is 19.6 Å². The highest BCUT2D eigenvalue weighted by atomic mass is 16.3. The zero-order chi connectivity index (χ0) is 12.3. The average Bonchev–Trinajstić information content (AvgIpc) is 2.35. The molecular weight excluding hydrogens is 212 g/mol. The molecule has 0 amide bonds. The Morgan fingerprint density at radius 3 is 2.71 bits per heavy atom. The topological polar surface area (TPSA) is 49.5 Å². The molecule has 0 aliphatic carbocycles. The third kappa shape index (κ3) is 2.86. The maximum absolute atomic E-state index is 10.2. The van der Waals surface area contributed by atoms with Gasteiger partial charge in [0.15, 0.2) is 0 Å². The van der Waals surface area contributed by atoms with Gasteiger partial charge in [-0.3, -0.25) is 4.90 Å². The fraction of sp³-hybridized carbons (Fsp3) is 0.571. The van der Waals surface area contributed by atoms with Crippen molar-refractivity contribution in [2.24, 2.45) is 11.1 Å². The summed E-state index contributed by atoms with van der Waals surface area (Å²) in [5.41, 5.74) is 6.95. The van der Waals surface area contributed by atoms with Crippen molar-refractivity contribution in [3.8, 4) is 0 Å². The predicted octanol–water partition coefficient (Wildman–Crippen LogP) is 1.22. The lowest BCUT2D eigenvalue weighted by Crippen LogP contribution is -2.52. The Bertz CT molecular complexity index is 354. The third-order valence-electron chi connectivity index (χ3n) is 3.95. The summed E-state index contributed by atoms with van der Waals surface area (Å²) < 4.78 is 0. The van der Waals surface area contributed by atoms with Crippen LogP contribution < -0.4 is 5.73 Å². The molecule has 1 fully saturated rings. The van der Waals surface area contributed by atoms with Gasteiger partial charge in [0.25, 0.3) is 0 Å². The summed E-state index contributed by atoms with van der Waals surface area (Å²) in [7, 11) is 0. The van der Waals surface area contributed by atoms with E-state index in [0.717, 1.165) is 26.1 Å². The van der Waals surface area contributed by atoms with Crippen molar-refractivity contribution < 1.29 is 5.11 Å². The average molecular weight is 234 g/mol. The molecule has 0 saturated carbocycles. The Morgan fingerprint density at radius 1 is 1.41 bits per heavy atom. The number of nitrogens with zero attached hydrogens (tertiary/aromatic N) is 1. The van der Waals surface area contributed by atoms with Crippen molar-refractivity contribution in [3.05, 3.63) is 35.9 Å². The first-order valence-corrected chi connectivity index (χ1v) is 6.28. The van der Waals surface area contributed by atoms with Crippen LogP contribution in [0.4, 0.5) is 0 Å². The molecule has 3 N–H and O–H groups in total. The Balaban J connectivity index is 1.94. The maximum Gasteiger partial charge on any atom is 0.0733 e. The van der Waals surface area contributed by atoms with Crippen LogP contribution in [0.15, 0.2) is 30.3 Å². The first kappa shape index (κ1) is 12.6. The number of hydrogen-bond acceptors (Lipinski definition) is 3. The van der Waals surface area contributed by atoms with Crippen LogP contribution in [0.3, 0.4) is 0 Å². The molecule has 0 bridgehead atoms. The van der Waals surface area contributed by atoms with E-state index >= 15 is 0 Å². The van der Waals surface area contributed by atoms with Crippen LogP contribution in [-0.4, -0.2) is 35.7 Å². The number of nitrogens with two attached hydrogens (primary N) is 1. The summed E-state index contributed by atoms with van der Waals surface area (Å²) in [5.74, 6) is 0. The molecule has 1 aromatic rings. The lowest BCUT2D eigenvalue weighted by atomic mass is 9.78. The molecule has 1 saturated heterocycles. The molecule has 1 aromatic carbocycles. The first-order chi connectivity index (χ1) is 8.14. The van der Waals surface area contributed by atoms with Gasteiger partial charge in [-0.25, -0.2) is 0 Å². The summed E-state index contributed by atoms with van der Waals surface area (Å²) in [5, 5.41) is 10.2. The number of piperidine rings is 1. The second kappa shape index (κ2) is 5.17. The van der Waals surface area contributed by atoms with Crippen LogP contribution >= 0.6 is 0 Å². The molecule has 1 aliphatic rings. The summed E-state index contributed by atoms with van der Waals surface area (Å²) in [6, 6.07) is 10.4. The van der Waals surface area contributed by atoms with Crippen molar-refractivity contribution in [2.45, 2.75) is 26.0 Å². The third-order valence-corrected chi connectivity index (χ3v) is 3.95. The number of likely N-dealkylation sites (tertiary alicyclic amines) is 1. The van der Waals surface area contributed by atoms with Gasteiger partial charge < -0.3 is 10.8 Å². The minimum atomic E-state index is -0.315. The van der Waals surface area contributed by atoms with Crippen LogP contribution in [0.2, 0.25) is 0 Å². The number of aliphatic hydroxyl groups excluding tert-OH is 1. The van der Waals surface area contributed by atoms with E-state index in [1.807, 2.05) is 6.07 Å². The van der Waals surface area contributed by atoms with Crippen molar-refractivity contribution in [3.63, 3.8) is 0 Å². The quantitative estimate of drug-likeness (QED) is 0.826. The first-order valence-electron chi connectivity index (χ1n) is 6.28. The van der Waals surface area contributed by atoms with Gasteiger partial charge in [0.2, 0.25) is 0 Å². The zero-order valence-corrected chi connectivity index (χ0v) is 10.5. The second-order valence-electron chi connectivity index (χ2n) is 5.34. The van der Waals surface area contributed by atoms with Gasteiger partial charge in [-0.05, 0) is 18.5 Å². The minimum Gasteiger partial charge on any atom is -0.391 e. The SMILES string of the molecule is C[C@@]1(CN)CCN(Cc2ccccc2)C[C@H]1O. The Hall–Kier alpha value is -0.900. The fourth-order valence-electron chi connectivity index (χ4n) is 2.36. The lowest BCUT2D eigenvalue weighted by molar-refractivity contribution is -0.0329. The van der Waals surface area contributed by atoms with Gasteiger partial charge in [0, 0.05) is 25.0 Å². The number of benzene rings is 1. The van der Waals surface area contributed by atoms with E-state index in [4.69, 9.17) is 5.73 Å². The van der Waals surface area contributed by atoms with Crippen LogP contribution in [0.1, 0.15) is 18.9 Å². The summed E-state index contributed by atoms with van der Waals surface area (Å²) in [6.07, 6.45) is 0.655. The fourth-order valence-corrected chi connectivity index (χ4v) is 2.36. The van der Waals surface area contributed by atoms with Crippen molar-refractivity contribution in [1.82, 2.24) is 4.90 Å². The Kier molecular flexibility index (Phi) is 3.82. The van der Waals surface area contributed by atoms with E-state index < -0.39 is 0 Å². The van der Waals surface area contributed by atoms with Gasteiger partial charge in [0.05, 0.1) is 6.10 Å². The van der Waals surface area contributed by atoms with Gasteiger partial charge in [0.1, 0.15) is 0 Å². The number of aliphatic hydroxyl groups is 1. The number of hydrogen-bond donors (Lipinski definition) is 2. The second-order valence-corrected chi connectivity index (χ2v) is 5.34. The summed E-state index contributed by atoms with van der Waals surface area (Å²) >= 11 is 0. The molecule has 1 aliphatic heterocycles. The molecule has 0 aromatic heterocycles. The lowest BCUT2D eigenvalue weighted by Gasteiger charge is -2.42. The zero-order valence-electron chi connectivity index (χ0n) is 10.5. The summed E-state index contributed by atoms with van der Waals surface area (Å²) in [4.78, 5) is 2.30. The van der Waals surface area contributed by atoms with Gasteiger partial charge in [-0.15, -0.1) is 0 Å². The van der Waals surface area contributed by atoms with Crippen LogP contribution in [0.25, 0.3) is 0 Å². The maximum atomic E-state index is 10.2. The largest absolute Gasteiger partial charge is 0.391 e. The molecule has 2 atom stereocenters. The number of β-amino-alcohol motifs (C(OH)–C–C–N with tert-alkyl or cyclic N) is 1. The highest BCUT2D eigenvalue weighted by Gasteiger charge is 2.36. The van der Waals surface area contributed by atoms with Crippen molar-refractivity contribution in [1.29, 1.82) is 0 Å². The van der Waals surface area contributed by atoms with Crippen LogP contribution in [-0.2, 0) is 6.54 Å². The van der Waals surface area contributed by atoms with Crippen LogP contribution in [0.5, 0.6) is 0 Å². The van der Waals surface area contributed by atoms with E-state index in [1.165, 1.54) is 5.56 Å². The highest BCUT2D eigenvalue weighted by Crippen LogP contribution is 2.30. The predicted molar refractivity (Wildman–Crippen MR) is 69.5 cm³/mol. The Labute approximate surface area is 103 Å². The summed E-state index contributed by atoms with van der Waals surface area (Å²) in [6.45, 7) is 5.30. The molecule has 0 unspecified atom stereocenters. The monoisotopic (exact) mass is 234 g/mol. The van der Waals surface area contributed by atoms with E-state index in [-0.39, 0.29) is 11.5 Å². The smallest absolute Gasteiger partial charge is 0.0733 e. The molecule has 1 heterocycles. The molecule has 3 heteroatoms. The van der Waals surface area contributed by atoms with E-state index in [2.05, 4.69) is 36.1 Å². The number of rotatable bonds is 3. The molecule has 94 valence electrons. The molecule has 0 spiro atoms. The van der Waals surface area contributed by atoms with E-state index in [1.54, 1.807) is 0 Å². The molecule has 0 radical (unpaired) electrons. The molecule has 3 nitrogen and oxygen atoms in total. The van der Waals surface area contributed by atoms with E-state index in [9.17, 15) is 5.11 Å². The minimum absolute atomic E-state index is 0.104. The van der Waals surface area contributed by atoms with Gasteiger partial charge in [-0.1, -0.05) is 37.3 Å². The molecule has 2 rings (SSSR count). The normalized spacial score (nSPS) is 30.4. The van der Waals surface area contributed by atoms with Crippen LogP contribution in [0, 0.1) is 5.41 Å². The van der Waals surface area contributed by atoms with E-state index in [0.29, 0.717) is 6.54 Å². The Morgan fingerprint density at radius 2 is 2.12 bits per heavy atom. The highest BCUT2D eigenvalue weighted by molar-refractivity contribution is 5.14. The standard InChI is InChI=1S/C14H22N2O/c1-14(11-15)7-8-16(10-13(14)17)9-12-5-3-2-4-6-12/h2-6,13,17H,7-11,15H2,1H3/t13-,14+/m1/s1. The van der Waals surface area contributed by atoms with Gasteiger partial charge in [-0.2, -0.15) is 0 Å². The van der Waals surface area contributed by atoms with Crippen molar-refractivity contribution >= 4 is 0 Å². The molecular formula is C14H22N2O. The molecule has 17 heavy (non-hydrogen) atoms. The van der Waals surface area contributed by atoms with Gasteiger partial charge >= 0.3 is 0 Å².